The van der Waals surface area contributed by atoms with E-state index in [0.717, 1.165) is 22.9 Å². The van der Waals surface area contributed by atoms with Crippen LogP contribution in [0.1, 0.15) is 21.9 Å². The highest BCUT2D eigenvalue weighted by Crippen LogP contribution is 2.28. The monoisotopic (exact) mass is 392 g/mol. The van der Waals surface area contributed by atoms with Crippen molar-refractivity contribution in [2.75, 3.05) is 19.5 Å². The van der Waals surface area contributed by atoms with Gasteiger partial charge in [-0.05, 0) is 30.2 Å². The van der Waals surface area contributed by atoms with Gasteiger partial charge < -0.3 is 9.47 Å². The fourth-order valence-electron chi connectivity index (χ4n) is 3.06. The Bertz CT molecular complexity index is 1150. The molecule has 9 nitrogen and oxygen atoms in total. The second-order valence-corrected chi connectivity index (χ2v) is 6.37. The average Bonchev–Trinajstić information content (AvgIpc) is 3.38. The Morgan fingerprint density at radius 1 is 1.00 bits per heavy atom. The van der Waals surface area contributed by atoms with Crippen LogP contribution in [0.3, 0.4) is 0 Å². The number of hydrogen-bond donors (Lipinski definition) is 3. The van der Waals surface area contributed by atoms with E-state index in [1.807, 2.05) is 42.5 Å². The highest BCUT2D eigenvalue weighted by atomic mass is 16.5. The minimum absolute atomic E-state index is 0.212. The molecule has 0 fully saturated rings. The van der Waals surface area contributed by atoms with Crippen molar-refractivity contribution in [3.05, 3.63) is 59.5 Å². The van der Waals surface area contributed by atoms with Crippen LogP contribution in [0.4, 0.5) is 5.95 Å². The van der Waals surface area contributed by atoms with E-state index in [1.165, 1.54) is 0 Å². The smallest absolute Gasteiger partial charge is 0.279 e. The van der Waals surface area contributed by atoms with E-state index in [2.05, 4.69) is 30.7 Å². The number of anilines is 1. The average molecular weight is 392 g/mol. The predicted molar refractivity (Wildman–Crippen MR) is 107 cm³/mol. The fraction of sp³-hybridized carbons (Fsp3) is 0.200. The number of hydrogen-bond acceptors (Lipinski definition) is 6. The number of fused-ring (bicyclic) bond motifs is 1. The number of para-hydroxylation sites is 1. The highest BCUT2D eigenvalue weighted by Gasteiger charge is 2.16. The van der Waals surface area contributed by atoms with Crippen molar-refractivity contribution in [1.29, 1.82) is 0 Å². The Morgan fingerprint density at radius 3 is 2.66 bits per heavy atom. The van der Waals surface area contributed by atoms with Crippen LogP contribution in [-0.2, 0) is 12.8 Å². The van der Waals surface area contributed by atoms with E-state index in [1.54, 1.807) is 14.2 Å². The molecular weight excluding hydrogens is 372 g/mol. The lowest BCUT2D eigenvalue weighted by Gasteiger charge is -2.09. The molecule has 148 valence electrons. The molecule has 0 unspecified atom stereocenters. The highest BCUT2D eigenvalue weighted by molar-refractivity contribution is 6.10. The van der Waals surface area contributed by atoms with Gasteiger partial charge in [0.15, 0.2) is 17.2 Å². The zero-order chi connectivity index (χ0) is 20.2. The van der Waals surface area contributed by atoms with Crippen LogP contribution >= 0.6 is 0 Å². The Labute approximate surface area is 166 Å². The molecule has 9 heteroatoms. The molecule has 0 saturated carbocycles. The molecule has 0 saturated heterocycles. The van der Waals surface area contributed by atoms with Crippen molar-refractivity contribution in [3.63, 3.8) is 0 Å². The number of nitrogens with one attached hydrogen (secondary N) is 3. The van der Waals surface area contributed by atoms with Crippen molar-refractivity contribution in [2.45, 2.75) is 12.8 Å². The summed E-state index contributed by atoms with van der Waals surface area (Å²) >= 11 is 0. The molecule has 0 atom stereocenters. The van der Waals surface area contributed by atoms with Gasteiger partial charge in [0.2, 0.25) is 5.95 Å². The van der Waals surface area contributed by atoms with Crippen LogP contribution < -0.4 is 14.8 Å². The maximum Gasteiger partial charge on any atom is 0.279 e. The zero-order valence-corrected chi connectivity index (χ0v) is 16.0. The predicted octanol–water partition coefficient (Wildman–Crippen LogP) is 2.74. The van der Waals surface area contributed by atoms with E-state index < -0.39 is 0 Å². The van der Waals surface area contributed by atoms with Gasteiger partial charge in [-0.1, -0.05) is 24.3 Å². The number of amides is 1. The van der Waals surface area contributed by atoms with Gasteiger partial charge in [-0.2, -0.15) is 10.1 Å². The van der Waals surface area contributed by atoms with Gasteiger partial charge in [-0.25, -0.2) is 0 Å². The molecule has 0 spiro atoms. The van der Waals surface area contributed by atoms with Crippen molar-refractivity contribution in [3.8, 4) is 11.5 Å². The third-order valence-electron chi connectivity index (χ3n) is 4.54. The van der Waals surface area contributed by atoms with E-state index in [4.69, 9.17) is 9.47 Å². The van der Waals surface area contributed by atoms with Crippen LogP contribution in [0.15, 0.2) is 42.5 Å². The third kappa shape index (κ3) is 3.88. The van der Waals surface area contributed by atoms with E-state index in [9.17, 15) is 4.79 Å². The van der Waals surface area contributed by atoms with Crippen molar-refractivity contribution >= 4 is 22.8 Å². The molecule has 1 amide bonds. The summed E-state index contributed by atoms with van der Waals surface area (Å²) in [6, 6.07) is 13.2. The SMILES string of the molecule is COc1ccc(CCc2nc(NC(=O)c3n[nH]c4ccccc34)n[nH]2)cc1OC. The number of rotatable bonds is 7. The first-order valence-corrected chi connectivity index (χ1v) is 9.04. The maximum absolute atomic E-state index is 12.5. The largest absolute Gasteiger partial charge is 0.493 e. The molecule has 4 rings (SSSR count). The molecule has 0 aliphatic heterocycles. The summed E-state index contributed by atoms with van der Waals surface area (Å²) in [6.45, 7) is 0. The normalized spacial score (nSPS) is 10.8. The quantitative estimate of drug-likeness (QED) is 0.445. The summed E-state index contributed by atoms with van der Waals surface area (Å²) in [5.41, 5.74) is 2.17. The first-order valence-electron chi connectivity index (χ1n) is 9.04. The van der Waals surface area contributed by atoms with Crippen molar-refractivity contribution < 1.29 is 14.3 Å². The Hall–Kier alpha value is -3.88. The number of ether oxygens (including phenoxy) is 2. The van der Waals surface area contributed by atoms with E-state index >= 15 is 0 Å². The molecule has 0 aliphatic carbocycles. The van der Waals surface area contributed by atoms with Crippen LogP contribution in [0.5, 0.6) is 11.5 Å². The van der Waals surface area contributed by atoms with Gasteiger partial charge in [-0.15, -0.1) is 5.10 Å². The van der Waals surface area contributed by atoms with Gasteiger partial charge >= 0.3 is 0 Å². The number of aromatic nitrogens is 5. The Balaban J connectivity index is 1.40. The van der Waals surface area contributed by atoms with Crippen molar-refractivity contribution in [2.24, 2.45) is 0 Å². The van der Waals surface area contributed by atoms with Gasteiger partial charge in [0.05, 0.1) is 19.7 Å². The number of benzene rings is 2. The fourth-order valence-corrected chi connectivity index (χ4v) is 3.06. The number of methoxy groups -OCH3 is 2. The summed E-state index contributed by atoms with van der Waals surface area (Å²) in [5.74, 6) is 1.88. The maximum atomic E-state index is 12.5. The minimum atomic E-state index is -0.368. The molecule has 0 radical (unpaired) electrons. The van der Waals surface area contributed by atoms with Crippen LogP contribution in [0.25, 0.3) is 10.9 Å². The number of aromatic amines is 2. The zero-order valence-electron chi connectivity index (χ0n) is 16.0. The molecule has 0 aliphatic rings. The standard InChI is InChI=1S/C20H20N6O3/c1-28-15-9-7-12(11-16(15)29-2)8-10-17-21-20(26-24-17)22-19(27)18-13-5-3-4-6-14(13)23-25-18/h3-7,9,11H,8,10H2,1-2H3,(H,23,25)(H2,21,22,24,26,27). The molecule has 29 heavy (non-hydrogen) atoms. The third-order valence-corrected chi connectivity index (χ3v) is 4.54. The van der Waals surface area contributed by atoms with Gasteiger partial charge in [0.25, 0.3) is 5.91 Å². The second-order valence-electron chi connectivity index (χ2n) is 6.37. The summed E-state index contributed by atoms with van der Waals surface area (Å²) < 4.78 is 10.6. The topological polar surface area (TPSA) is 118 Å². The summed E-state index contributed by atoms with van der Waals surface area (Å²) in [5, 5.41) is 17.3. The summed E-state index contributed by atoms with van der Waals surface area (Å²) in [6.07, 6.45) is 1.36. The summed E-state index contributed by atoms with van der Waals surface area (Å²) in [4.78, 5) is 16.8. The minimum Gasteiger partial charge on any atom is -0.493 e. The lowest BCUT2D eigenvalue weighted by Crippen LogP contribution is -2.14. The first kappa shape index (κ1) is 18.5. The van der Waals surface area contributed by atoms with E-state index in [-0.39, 0.29) is 11.9 Å². The molecule has 3 N–H and O–H groups in total. The lowest BCUT2D eigenvalue weighted by molar-refractivity contribution is 0.102. The van der Waals surface area contributed by atoms with Crippen LogP contribution in [0.2, 0.25) is 0 Å². The first-order chi connectivity index (χ1) is 14.2. The Morgan fingerprint density at radius 2 is 1.83 bits per heavy atom. The molecule has 2 aromatic heterocycles. The van der Waals surface area contributed by atoms with Crippen molar-refractivity contribution in [1.82, 2.24) is 25.4 Å². The number of H-pyrrole nitrogens is 2. The number of aryl methyl sites for hydroxylation is 2. The number of carbonyl (C=O) groups is 1. The van der Waals surface area contributed by atoms with Crippen LogP contribution in [-0.4, -0.2) is 45.5 Å². The molecule has 4 aromatic rings. The second kappa shape index (κ2) is 8.01. The molecule has 0 bridgehead atoms. The van der Waals surface area contributed by atoms with E-state index in [0.29, 0.717) is 29.4 Å². The number of carbonyl (C=O) groups excluding carboxylic acids is 1. The van der Waals surface area contributed by atoms with Gasteiger partial charge in [-0.3, -0.25) is 20.3 Å². The number of nitrogens with zero attached hydrogens (tertiary/aromatic N) is 3. The van der Waals surface area contributed by atoms with Gasteiger partial charge in [0, 0.05) is 11.8 Å². The molecule has 2 heterocycles. The lowest BCUT2D eigenvalue weighted by atomic mass is 10.1. The molecular formula is C20H20N6O3. The van der Waals surface area contributed by atoms with Gasteiger partial charge in [0.1, 0.15) is 5.82 Å². The summed E-state index contributed by atoms with van der Waals surface area (Å²) in [7, 11) is 3.21. The Kier molecular flexibility index (Phi) is 5.10. The molecule has 2 aromatic carbocycles. The van der Waals surface area contributed by atoms with Crippen LogP contribution in [0, 0.1) is 0 Å².